The lowest BCUT2D eigenvalue weighted by Gasteiger charge is -2.31. The van der Waals surface area contributed by atoms with E-state index in [4.69, 9.17) is 9.47 Å². The van der Waals surface area contributed by atoms with Gasteiger partial charge in [0.05, 0.1) is 12.5 Å². The molecular weight excluding hydrogens is 482 g/mol. The Hall–Kier alpha value is -2.84. The van der Waals surface area contributed by atoms with Crippen molar-refractivity contribution in [2.45, 2.75) is 65.8 Å². The maximum absolute atomic E-state index is 12.8. The number of amides is 1. The fourth-order valence-electron chi connectivity index (χ4n) is 4.73. The Morgan fingerprint density at radius 3 is 2.58 bits per heavy atom. The zero-order valence-corrected chi connectivity index (χ0v) is 22.9. The quantitative estimate of drug-likeness (QED) is 0.439. The Morgan fingerprint density at radius 1 is 1.18 bits per heavy atom. The van der Waals surface area contributed by atoms with E-state index >= 15 is 0 Å². The second-order valence-corrected chi connectivity index (χ2v) is 10.5. The fourth-order valence-corrected chi connectivity index (χ4v) is 4.73. The van der Waals surface area contributed by atoms with Gasteiger partial charge in [-0.05, 0) is 55.0 Å². The highest BCUT2D eigenvalue weighted by Gasteiger charge is 2.28. The van der Waals surface area contributed by atoms with Gasteiger partial charge in [0.2, 0.25) is 0 Å². The molecule has 0 radical (unpaired) electrons. The van der Waals surface area contributed by atoms with Gasteiger partial charge in [0.1, 0.15) is 12.2 Å². The highest BCUT2D eigenvalue weighted by atomic mass is 16.6. The number of aliphatic hydroxyl groups is 1. The Morgan fingerprint density at radius 2 is 1.89 bits per heavy atom. The highest BCUT2D eigenvalue weighted by molar-refractivity contribution is 5.71. The van der Waals surface area contributed by atoms with Crippen LogP contribution in [0, 0.1) is 11.8 Å². The predicted octanol–water partition coefficient (Wildman–Crippen LogP) is 4.49. The van der Waals surface area contributed by atoms with Crippen molar-refractivity contribution >= 4 is 23.8 Å². The summed E-state index contributed by atoms with van der Waals surface area (Å²) >= 11 is 0. The molecule has 0 saturated carbocycles. The number of carbonyl (C=O) groups is 2. The number of anilines is 1. The number of carbonyl (C=O) groups excluding carboxylic acids is 2. The van der Waals surface area contributed by atoms with Crippen LogP contribution >= 0.6 is 0 Å². The predicted molar refractivity (Wildman–Crippen MR) is 153 cm³/mol. The smallest absolute Gasteiger partial charge is 0.410 e. The van der Waals surface area contributed by atoms with Gasteiger partial charge in [-0.3, -0.25) is 4.79 Å². The van der Waals surface area contributed by atoms with Crippen molar-refractivity contribution < 1.29 is 24.2 Å². The second kappa shape index (κ2) is 14.9. The highest BCUT2D eigenvalue weighted by Crippen LogP contribution is 2.26. The summed E-state index contributed by atoms with van der Waals surface area (Å²) in [5.74, 6) is -0.590. The van der Waals surface area contributed by atoms with E-state index in [-0.39, 0.29) is 31.8 Å². The Bertz CT molecular complexity index is 970. The van der Waals surface area contributed by atoms with Crippen LogP contribution in [0.4, 0.5) is 10.5 Å². The van der Waals surface area contributed by atoms with Crippen LogP contribution in [0.5, 0.6) is 0 Å². The number of rotatable bonds is 4. The Labute approximate surface area is 228 Å². The molecule has 2 aliphatic heterocycles. The number of benzene rings is 1. The first-order valence-corrected chi connectivity index (χ1v) is 13.3. The number of nitrogens with zero attached hydrogens (tertiary/aromatic N) is 2. The van der Waals surface area contributed by atoms with E-state index in [1.807, 2.05) is 76.2 Å². The van der Waals surface area contributed by atoms with Gasteiger partial charge in [-0.15, -0.1) is 0 Å². The third-order valence-electron chi connectivity index (χ3n) is 7.10. The molecule has 1 fully saturated rings. The first-order chi connectivity index (χ1) is 17.6. The van der Waals surface area contributed by atoms with Crippen LogP contribution in [0.2, 0.25) is 0 Å². The number of piperazine rings is 1. The average Bonchev–Trinajstić information content (AvgIpc) is 2.87. The van der Waals surface area contributed by atoms with E-state index in [2.05, 4.69) is 11.4 Å². The van der Waals surface area contributed by atoms with Crippen molar-refractivity contribution in [2.75, 3.05) is 45.2 Å². The molecule has 8 heteroatoms. The number of hydrogen-bond donors (Lipinski definition) is 2. The van der Waals surface area contributed by atoms with Crippen molar-refractivity contribution in [3.05, 3.63) is 47.6 Å². The SMILES string of the molecule is C.C/C(=C\c1cccc(N(C)C)c1)[C@H]1OC(=O)C[C@H](O)CC[C@H](C)[C@@H](OC(=O)N2CCNCC2)/C=C/[C@@H]1C. The minimum atomic E-state index is -0.806. The molecule has 1 amide bonds. The number of hydrogen-bond acceptors (Lipinski definition) is 7. The lowest BCUT2D eigenvalue weighted by atomic mass is 9.91. The van der Waals surface area contributed by atoms with Crippen LogP contribution in [0.25, 0.3) is 6.08 Å². The number of esters is 1. The summed E-state index contributed by atoms with van der Waals surface area (Å²) in [6.07, 6.45) is 4.85. The van der Waals surface area contributed by atoms with Crippen LogP contribution < -0.4 is 10.2 Å². The molecule has 3 rings (SSSR count). The summed E-state index contributed by atoms with van der Waals surface area (Å²) in [4.78, 5) is 29.3. The van der Waals surface area contributed by atoms with Crippen LogP contribution in [0.1, 0.15) is 53.0 Å². The number of nitrogens with one attached hydrogen (secondary N) is 1. The summed E-state index contributed by atoms with van der Waals surface area (Å²) in [5, 5.41) is 13.7. The topological polar surface area (TPSA) is 91.3 Å². The molecule has 0 aliphatic carbocycles. The number of cyclic esters (lactones) is 1. The van der Waals surface area contributed by atoms with Gasteiger partial charge < -0.3 is 29.7 Å². The molecule has 2 heterocycles. The average molecular weight is 530 g/mol. The monoisotopic (exact) mass is 529 g/mol. The van der Waals surface area contributed by atoms with Crippen molar-refractivity contribution in [3.63, 3.8) is 0 Å². The first kappa shape index (κ1) is 31.4. The molecule has 1 aromatic carbocycles. The van der Waals surface area contributed by atoms with Crippen LogP contribution in [0.15, 0.2) is 42.0 Å². The van der Waals surface area contributed by atoms with Crippen LogP contribution in [0.3, 0.4) is 0 Å². The van der Waals surface area contributed by atoms with E-state index < -0.39 is 24.3 Å². The summed E-state index contributed by atoms with van der Waals surface area (Å²) in [6.45, 7) is 8.71. The lowest BCUT2D eigenvalue weighted by molar-refractivity contribution is -0.151. The summed E-state index contributed by atoms with van der Waals surface area (Å²) in [6, 6.07) is 8.14. The van der Waals surface area contributed by atoms with Gasteiger partial charge in [0.15, 0.2) is 0 Å². The summed E-state index contributed by atoms with van der Waals surface area (Å²) in [7, 11) is 3.99. The lowest BCUT2D eigenvalue weighted by Crippen LogP contribution is -2.47. The van der Waals surface area contributed by atoms with Gasteiger partial charge in [0.25, 0.3) is 0 Å². The van der Waals surface area contributed by atoms with E-state index in [9.17, 15) is 14.7 Å². The van der Waals surface area contributed by atoms with Crippen molar-refractivity contribution in [3.8, 4) is 0 Å². The number of aliphatic hydroxyl groups excluding tert-OH is 1. The van der Waals surface area contributed by atoms with E-state index in [0.29, 0.717) is 25.9 Å². The van der Waals surface area contributed by atoms with E-state index in [1.54, 1.807) is 4.90 Å². The molecule has 2 N–H and O–H groups in total. The van der Waals surface area contributed by atoms with Crippen molar-refractivity contribution in [2.24, 2.45) is 11.8 Å². The van der Waals surface area contributed by atoms with Gasteiger partial charge in [-0.2, -0.15) is 0 Å². The third-order valence-corrected chi connectivity index (χ3v) is 7.10. The molecular formula is C30H47N3O5. The van der Waals surface area contributed by atoms with Gasteiger partial charge in [0, 0.05) is 51.9 Å². The third kappa shape index (κ3) is 9.17. The van der Waals surface area contributed by atoms with Crippen molar-refractivity contribution in [1.82, 2.24) is 10.2 Å². The van der Waals surface area contributed by atoms with Gasteiger partial charge in [-0.1, -0.05) is 45.6 Å². The van der Waals surface area contributed by atoms with Gasteiger partial charge >= 0.3 is 12.1 Å². The molecule has 0 bridgehead atoms. The minimum absolute atomic E-state index is 0. The van der Waals surface area contributed by atoms with Gasteiger partial charge in [-0.25, -0.2) is 4.79 Å². The second-order valence-electron chi connectivity index (χ2n) is 10.5. The maximum atomic E-state index is 12.8. The van der Waals surface area contributed by atoms with E-state index in [0.717, 1.165) is 29.9 Å². The Kier molecular flexibility index (Phi) is 12.3. The largest absolute Gasteiger partial charge is 0.457 e. The van der Waals surface area contributed by atoms with Crippen LogP contribution in [-0.4, -0.2) is 80.7 Å². The zero-order valence-electron chi connectivity index (χ0n) is 22.9. The molecule has 0 unspecified atom stereocenters. The van der Waals surface area contributed by atoms with Crippen molar-refractivity contribution in [1.29, 1.82) is 0 Å². The standard InChI is InChI=1S/C29H43N3O5.CH4/c1-20-9-11-25(33)19-27(34)37-28(22(3)17-23-7-6-8-24(18-23)31(4)5)21(2)10-12-26(20)36-29(35)32-15-13-30-14-16-32;/h6-8,10,12,17-18,20-21,25-26,28,30,33H,9,11,13-16,19H2,1-5H3;1H4/b12-10+,22-17+;/t20-,21-,25+,26-,28-;/m0./s1. The molecule has 2 aliphatic rings. The zero-order chi connectivity index (χ0) is 26.9. The Balaban J connectivity index is 0.00000507. The molecule has 1 saturated heterocycles. The molecule has 212 valence electrons. The fraction of sp³-hybridized carbons (Fsp3) is 0.600. The number of ether oxygens (including phenoxy) is 2. The summed E-state index contributed by atoms with van der Waals surface area (Å²) in [5.41, 5.74) is 2.99. The summed E-state index contributed by atoms with van der Waals surface area (Å²) < 4.78 is 11.8. The molecule has 1 aromatic rings. The normalized spacial score (nSPS) is 28.2. The molecule has 0 spiro atoms. The molecule has 0 aromatic heterocycles. The van der Waals surface area contributed by atoms with E-state index in [1.165, 1.54) is 0 Å². The maximum Gasteiger partial charge on any atom is 0.410 e. The molecule has 5 atom stereocenters. The minimum Gasteiger partial charge on any atom is -0.457 e. The molecule has 8 nitrogen and oxygen atoms in total. The molecule has 38 heavy (non-hydrogen) atoms. The first-order valence-electron chi connectivity index (χ1n) is 13.3. The van der Waals surface area contributed by atoms with Crippen LogP contribution in [-0.2, 0) is 14.3 Å².